The van der Waals surface area contributed by atoms with E-state index in [1.54, 1.807) is 0 Å². The molecule has 5 heteroatoms. The fraction of sp³-hybridized carbons (Fsp3) is 0.941. The summed E-state index contributed by atoms with van der Waals surface area (Å²) in [5, 5.41) is 10.3. The Kier molecular flexibility index (Phi) is 3.70. The fourth-order valence-electron chi connectivity index (χ4n) is 4.84. The van der Waals surface area contributed by atoms with Gasteiger partial charge >= 0.3 is 0 Å². The third kappa shape index (κ3) is 2.21. The van der Waals surface area contributed by atoms with Crippen LogP contribution in [0.4, 0.5) is 0 Å². The first kappa shape index (κ1) is 14.9. The zero-order valence-electron chi connectivity index (χ0n) is 13.5. The summed E-state index contributed by atoms with van der Waals surface area (Å²) in [7, 11) is 0. The van der Waals surface area contributed by atoms with Crippen molar-refractivity contribution in [3.63, 3.8) is 0 Å². The van der Waals surface area contributed by atoms with E-state index in [1.807, 2.05) is 6.92 Å². The molecule has 1 spiro atoms. The molecule has 1 amide bonds. The Labute approximate surface area is 132 Å². The zero-order chi connectivity index (χ0) is 15.3. The van der Waals surface area contributed by atoms with Crippen molar-refractivity contribution in [1.82, 2.24) is 9.80 Å². The molecule has 3 atom stereocenters. The fourth-order valence-corrected chi connectivity index (χ4v) is 4.84. The Morgan fingerprint density at radius 3 is 2.55 bits per heavy atom. The Morgan fingerprint density at radius 1 is 1.23 bits per heavy atom. The number of piperidine rings is 1. The Balaban J connectivity index is 1.37. The number of hydrogen-bond donors (Lipinski definition) is 1. The van der Waals surface area contributed by atoms with Crippen LogP contribution in [0.25, 0.3) is 0 Å². The van der Waals surface area contributed by atoms with E-state index >= 15 is 0 Å². The minimum Gasteiger partial charge on any atom is -0.392 e. The maximum Gasteiger partial charge on any atom is 0.240 e. The number of ether oxygens (including phenoxy) is 1. The maximum absolute atomic E-state index is 12.6. The quantitative estimate of drug-likeness (QED) is 0.842. The first-order valence-electron chi connectivity index (χ1n) is 9.00. The van der Waals surface area contributed by atoms with Gasteiger partial charge in [0.1, 0.15) is 0 Å². The molecular weight excluding hydrogens is 280 g/mol. The largest absolute Gasteiger partial charge is 0.392 e. The van der Waals surface area contributed by atoms with Gasteiger partial charge in [-0.3, -0.25) is 9.69 Å². The highest BCUT2D eigenvalue weighted by Crippen LogP contribution is 2.51. The standard InChI is InChI=1S/C17H28N2O3/c1-2-22-15-11-14(20)17(15)6-9-18(10-7-17)13-5-8-19(16(13)21)12-3-4-12/h12-15,20H,2-11H2,1H3. The number of aliphatic hydroxyl groups is 1. The molecule has 0 aromatic carbocycles. The molecule has 1 N–H and O–H groups in total. The van der Waals surface area contributed by atoms with Gasteiger partial charge in [0.2, 0.25) is 5.91 Å². The number of carbonyl (C=O) groups excluding carboxylic acids is 1. The van der Waals surface area contributed by atoms with Crippen LogP contribution in [0.1, 0.15) is 45.4 Å². The van der Waals surface area contributed by atoms with Crippen LogP contribution in [0.2, 0.25) is 0 Å². The molecule has 2 aliphatic heterocycles. The van der Waals surface area contributed by atoms with Crippen LogP contribution in [0.15, 0.2) is 0 Å². The highest BCUT2D eigenvalue weighted by molar-refractivity contribution is 5.84. The van der Waals surface area contributed by atoms with Crippen LogP contribution in [0.3, 0.4) is 0 Å². The van der Waals surface area contributed by atoms with Crippen LogP contribution < -0.4 is 0 Å². The molecule has 2 aliphatic carbocycles. The molecule has 22 heavy (non-hydrogen) atoms. The Hall–Kier alpha value is -0.650. The van der Waals surface area contributed by atoms with Gasteiger partial charge in [0.25, 0.3) is 0 Å². The summed E-state index contributed by atoms with van der Waals surface area (Å²) in [6.07, 6.45) is 6.10. The summed E-state index contributed by atoms with van der Waals surface area (Å²) in [5.41, 5.74) is -0.0374. The summed E-state index contributed by atoms with van der Waals surface area (Å²) >= 11 is 0. The van der Waals surface area contributed by atoms with E-state index in [2.05, 4.69) is 9.80 Å². The predicted molar refractivity (Wildman–Crippen MR) is 82.4 cm³/mol. The SMILES string of the molecule is CCOC1CC(O)C12CCN(C1CCN(C3CC3)C1=O)CC2. The first-order chi connectivity index (χ1) is 10.7. The summed E-state index contributed by atoms with van der Waals surface area (Å²) in [5.74, 6) is 0.356. The van der Waals surface area contributed by atoms with Crippen LogP contribution in [0.5, 0.6) is 0 Å². The van der Waals surface area contributed by atoms with Crippen molar-refractivity contribution in [1.29, 1.82) is 0 Å². The average molecular weight is 308 g/mol. The van der Waals surface area contributed by atoms with Crippen molar-refractivity contribution in [2.45, 2.75) is 69.7 Å². The third-order valence-electron chi connectivity index (χ3n) is 6.48. The van der Waals surface area contributed by atoms with Crippen molar-refractivity contribution < 1.29 is 14.6 Å². The van der Waals surface area contributed by atoms with Crippen molar-refractivity contribution >= 4 is 5.91 Å². The number of amides is 1. The molecule has 2 saturated carbocycles. The summed E-state index contributed by atoms with van der Waals surface area (Å²) in [4.78, 5) is 17.0. The summed E-state index contributed by atoms with van der Waals surface area (Å²) < 4.78 is 5.83. The van der Waals surface area contributed by atoms with E-state index in [4.69, 9.17) is 4.74 Å². The van der Waals surface area contributed by atoms with E-state index in [0.717, 1.165) is 51.9 Å². The van der Waals surface area contributed by atoms with Gasteiger partial charge < -0.3 is 14.7 Å². The van der Waals surface area contributed by atoms with Gasteiger partial charge in [0, 0.05) is 31.0 Å². The van der Waals surface area contributed by atoms with Crippen LogP contribution >= 0.6 is 0 Å². The van der Waals surface area contributed by atoms with Gasteiger partial charge in [0.05, 0.1) is 18.2 Å². The van der Waals surface area contributed by atoms with E-state index in [-0.39, 0.29) is 23.7 Å². The molecule has 4 rings (SSSR count). The number of rotatable bonds is 4. The summed E-state index contributed by atoms with van der Waals surface area (Å²) in [6.45, 7) is 5.54. The zero-order valence-corrected chi connectivity index (χ0v) is 13.5. The highest BCUT2D eigenvalue weighted by atomic mass is 16.5. The minimum absolute atomic E-state index is 0.0374. The second kappa shape index (κ2) is 5.46. The summed E-state index contributed by atoms with van der Waals surface area (Å²) in [6, 6.07) is 0.644. The lowest BCUT2D eigenvalue weighted by Gasteiger charge is -2.57. The molecule has 0 aromatic rings. The average Bonchev–Trinajstić information content (AvgIpc) is 3.30. The number of likely N-dealkylation sites (tertiary alicyclic amines) is 2. The van der Waals surface area contributed by atoms with Gasteiger partial charge in [-0.25, -0.2) is 0 Å². The molecule has 4 fully saturated rings. The van der Waals surface area contributed by atoms with E-state index < -0.39 is 0 Å². The monoisotopic (exact) mass is 308 g/mol. The van der Waals surface area contributed by atoms with Crippen molar-refractivity contribution in [2.75, 3.05) is 26.2 Å². The number of nitrogens with zero attached hydrogens (tertiary/aromatic N) is 2. The molecule has 0 bridgehead atoms. The van der Waals surface area contributed by atoms with Crippen LogP contribution in [0, 0.1) is 5.41 Å². The molecule has 0 aromatic heterocycles. The number of carbonyl (C=O) groups is 1. The Morgan fingerprint density at radius 2 is 1.95 bits per heavy atom. The minimum atomic E-state index is -0.214. The maximum atomic E-state index is 12.6. The smallest absolute Gasteiger partial charge is 0.240 e. The van der Waals surface area contributed by atoms with Crippen molar-refractivity contribution in [3.05, 3.63) is 0 Å². The molecule has 124 valence electrons. The van der Waals surface area contributed by atoms with E-state index in [0.29, 0.717) is 11.9 Å². The lowest BCUT2D eigenvalue weighted by Crippen LogP contribution is -2.63. The predicted octanol–water partition coefficient (Wildman–Crippen LogP) is 1.00. The topological polar surface area (TPSA) is 53.0 Å². The molecule has 4 aliphatic rings. The normalized spacial score (nSPS) is 38.5. The molecule has 3 unspecified atom stereocenters. The van der Waals surface area contributed by atoms with Crippen LogP contribution in [-0.4, -0.2) is 71.3 Å². The number of aliphatic hydroxyl groups excluding tert-OH is 1. The molecule has 2 saturated heterocycles. The molecule has 5 nitrogen and oxygen atoms in total. The second-order valence-corrected chi connectivity index (χ2v) is 7.53. The number of hydrogen-bond acceptors (Lipinski definition) is 4. The van der Waals surface area contributed by atoms with Gasteiger partial charge in [-0.2, -0.15) is 0 Å². The van der Waals surface area contributed by atoms with Crippen molar-refractivity contribution in [2.24, 2.45) is 5.41 Å². The lowest BCUT2D eigenvalue weighted by atomic mass is 9.58. The Bertz CT molecular complexity index is 441. The van der Waals surface area contributed by atoms with E-state index in [9.17, 15) is 9.90 Å². The van der Waals surface area contributed by atoms with Gasteiger partial charge in [-0.1, -0.05) is 0 Å². The molecule has 2 heterocycles. The molecule has 0 radical (unpaired) electrons. The van der Waals surface area contributed by atoms with Crippen molar-refractivity contribution in [3.8, 4) is 0 Å². The van der Waals surface area contributed by atoms with Crippen LogP contribution in [-0.2, 0) is 9.53 Å². The van der Waals surface area contributed by atoms with Gasteiger partial charge in [-0.15, -0.1) is 0 Å². The highest BCUT2D eigenvalue weighted by Gasteiger charge is 2.57. The molecular formula is C17H28N2O3. The first-order valence-corrected chi connectivity index (χ1v) is 9.00. The third-order valence-corrected chi connectivity index (χ3v) is 6.48. The lowest BCUT2D eigenvalue weighted by molar-refractivity contribution is -0.211. The van der Waals surface area contributed by atoms with E-state index in [1.165, 1.54) is 12.8 Å². The second-order valence-electron chi connectivity index (χ2n) is 7.53. The van der Waals surface area contributed by atoms with Gasteiger partial charge in [0.15, 0.2) is 0 Å². The van der Waals surface area contributed by atoms with Gasteiger partial charge in [-0.05, 0) is 52.1 Å².